The maximum atomic E-state index is 13.3. The van der Waals surface area contributed by atoms with E-state index in [2.05, 4.69) is 0 Å². The fraction of sp³-hybridized carbons (Fsp3) is 0.333. The van der Waals surface area contributed by atoms with Crippen LogP contribution in [-0.2, 0) is 4.79 Å². The predicted octanol–water partition coefficient (Wildman–Crippen LogP) is 2.03. The second-order valence-electron chi connectivity index (χ2n) is 6.98. The van der Waals surface area contributed by atoms with E-state index < -0.39 is 0 Å². The topological polar surface area (TPSA) is 70.1 Å². The van der Waals surface area contributed by atoms with Crippen molar-refractivity contribution in [3.63, 3.8) is 0 Å². The van der Waals surface area contributed by atoms with Gasteiger partial charge in [0.25, 0.3) is 5.91 Å². The van der Waals surface area contributed by atoms with E-state index in [-0.39, 0.29) is 36.4 Å². The summed E-state index contributed by atoms with van der Waals surface area (Å²) < 4.78 is 5.24. The average Bonchev–Trinajstić information content (AvgIpc) is 2.67. The molecule has 6 nitrogen and oxygen atoms in total. The Hall–Kier alpha value is -2.86. The zero-order valence-electron chi connectivity index (χ0n) is 15.3. The number of para-hydroxylation sites is 1. The molecule has 27 heavy (non-hydrogen) atoms. The molecule has 2 aromatic rings. The average molecular weight is 366 g/mol. The van der Waals surface area contributed by atoms with Crippen LogP contribution in [0.1, 0.15) is 28.8 Å². The molecule has 0 spiro atoms. The molecule has 0 bridgehead atoms. The lowest BCUT2D eigenvalue weighted by Gasteiger charge is -2.58. The number of aliphatic hydroxyl groups is 1. The molecule has 0 unspecified atom stereocenters. The Morgan fingerprint density at radius 1 is 1.19 bits per heavy atom. The molecule has 1 N–H and O–H groups in total. The molecule has 2 amide bonds. The Morgan fingerprint density at radius 3 is 2.67 bits per heavy atom. The van der Waals surface area contributed by atoms with Gasteiger partial charge >= 0.3 is 0 Å². The Balaban J connectivity index is 1.74. The van der Waals surface area contributed by atoms with Crippen LogP contribution in [0.15, 0.2) is 48.5 Å². The number of likely N-dealkylation sites (tertiary alicyclic amines) is 1. The molecule has 2 aliphatic rings. The van der Waals surface area contributed by atoms with E-state index in [0.29, 0.717) is 17.9 Å². The summed E-state index contributed by atoms with van der Waals surface area (Å²) in [6.07, 6.45) is 0. The van der Waals surface area contributed by atoms with Gasteiger partial charge in [0.1, 0.15) is 5.75 Å². The zero-order valence-corrected chi connectivity index (χ0v) is 15.3. The van der Waals surface area contributed by atoms with Gasteiger partial charge in [-0.15, -0.1) is 0 Å². The maximum absolute atomic E-state index is 13.3. The van der Waals surface area contributed by atoms with Crippen molar-refractivity contribution in [3.05, 3.63) is 59.7 Å². The number of ether oxygens (including phenoxy) is 1. The Morgan fingerprint density at radius 2 is 1.96 bits per heavy atom. The summed E-state index contributed by atoms with van der Waals surface area (Å²) >= 11 is 0. The van der Waals surface area contributed by atoms with Gasteiger partial charge in [0.15, 0.2) is 0 Å². The van der Waals surface area contributed by atoms with Crippen LogP contribution in [-0.4, -0.2) is 54.2 Å². The van der Waals surface area contributed by atoms with E-state index in [1.165, 1.54) is 6.92 Å². The molecule has 1 saturated heterocycles. The minimum Gasteiger partial charge on any atom is -0.497 e. The number of hydrogen-bond donors (Lipinski definition) is 1. The highest BCUT2D eigenvalue weighted by Gasteiger charge is 2.54. The number of nitrogens with zero attached hydrogens (tertiary/aromatic N) is 2. The summed E-state index contributed by atoms with van der Waals surface area (Å²) in [5, 5.41) is 9.79. The van der Waals surface area contributed by atoms with Crippen molar-refractivity contribution in [2.45, 2.75) is 24.9 Å². The van der Waals surface area contributed by atoms with Crippen molar-refractivity contribution >= 4 is 17.5 Å². The molecule has 6 heteroatoms. The number of methoxy groups -OCH3 is 1. The third-order valence-electron chi connectivity index (χ3n) is 5.61. The van der Waals surface area contributed by atoms with E-state index in [0.717, 1.165) is 11.3 Å². The first-order valence-corrected chi connectivity index (χ1v) is 9.01. The number of carbonyl (C=O) groups is 2. The molecule has 0 radical (unpaired) electrons. The van der Waals surface area contributed by atoms with Gasteiger partial charge in [-0.25, -0.2) is 0 Å². The molecule has 4 rings (SSSR count). The lowest BCUT2D eigenvalue weighted by molar-refractivity contribution is -0.147. The third kappa shape index (κ3) is 2.68. The molecule has 0 aliphatic carbocycles. The van der Waals surface area contributed by atoms with E-state index in [4.69, 9.17) is 4.74 Å². The number of benzene rings is 2. The quantitative estimate of drug-likeness (QED) is 0.902. The fourth-order valence-corrected chi connectivity index (χ4v) is 4.44. The lowest BCUT2D eigenvalue weighted by Crippen LogP contribution is -2.70. The van der Waals surface area contributed by atoms with Crippen molar-refractivity contribution in [2.75, 3.05) is 25.2 Å². The van der Waals surface area contributed by atoms with Gasteiger partial charge in [-0.3, -0.25) is 9.59 Å². The van der Waals surface area contributed by atoms with Crippen molar-refractivity contribution in [1.82, 2.24) is 4.90 Å². The summed E-state index contributed by atoms with van der Waals surface area (Å²) in [7, 11) is 1.57. The van der Waals surface area contributed by atoms with E-state index in [1.54, 1.807) is 41.2 Å². The second kappa shape index (κ2) is 6.70. The number of hydrogen-bond acceptors (Lipinski definition) is 4. The molecule has 2 aromatic carbocycles. The Labute approximate surface area is 158 Å². The highest BCUT2D eigenvalue weighted by Crippen LogP contribution is 2.48. The largest absolute Gasteiger partial charge is 0.497 e. The molecular weight excluding hydrogens is 344 g/mol. The minimum absolute atomic E-state index is 0.0458. The van der Waals surface area contributed by atoms with Gasteiger partial charge in [-0.05, 0) is 29.8 Å². The van der Waals surface area contributed by atoms with Crippen LogP contribution in [0.2, 0.25) is 0 Å². The molecule has 2 aliphatic heterocycles. The minimum atomic E-state index is -0.234. The Bertz CT molecular complexity index is 897. The number of anilines is 1. The van der Waals surface area contributed by atoms with Gasteiger partial charge in [0.05, 0.1) is 25.8 Å². The number of carbonyl (C=O) groups excluding carboxylic acids is 2. The maximum Gasteiger partial charge on any atom is 0.258 e. The molecular formula is C21H22N2O4. The van der Waals surface area contributed by atoms with Crippen LogP contribution in [0.4, 0.5) is 5.69 Å². The van der Waals surface area contributed by atoms with Crippen molar-refractivity contribution in [3.8, 4) is 5.75 Å². The van der Waals surface area contributed by atoms with Crippen LogP contribution in [0.25, 0.3) is 0 Å². The highest BCUT2D eigenvalue weighted by molar-refractivity contribution is 6.07. The van der Waals surface area contributed by atoms with Crippen molar-refractivity contribution in [2.24, 2.45) is 0 Å². The number of fused-ring (bicyclic) bond motifs is 3. The first-order valence-electron chi connectivity index (χ1n) is 9.01. The van der Waals surface area contributed by atoms with Crippen LogP contribution < -0.4 is 9.64 Å². The summed E-state index contributed by atoms with van der Waals surface area (Å²) in [5.41, 5.74) is 2.38. The molecule has 0 aromatic heterocycles. The van der Waals surface area contributed by atoms with Crippen LogP contribution in [0.5, 0.6) is 5.75 Å². The van der Waals surface area contributed by atoms with Crippen molar-refractivity contribution < 1.29 is 19.4 Å². The van der Waals surface area contributed by atoms with E-state index in [9.17, 15) is 14.7 Å². The SMILES string of the molecule is COc1cccc(C(=O)N2C[C@H]3[C@@H](c4ccccc42)[C@@H](CO)N3C(C)=O)c1. The highest BCUT2D eigenvalue weighted by atomic mass is 16.5. The number of aliphatic hydroxyl groups excluding tert-OH is 1. The van der Waals surface area contributed by atoms with Gasteiger partial charge < -0.3 is 19.6 Å². The summed E-state index contributed by atoms with van der Waals surface area (Å²) in [5.74, 6) is 0.460. The van der Waals surface area contributed by atoms with Crippen LogP contribution in [0.3, 0.4) is 0 Å². The first kappa shape index (κ1) is 17.5. The fourth-order valence-electron chi connectivity index (χ4n) is 4.44. The molecule has 140 valence electrons. The lowest BCUT2D eigenvalue weighted by atomic mass is 9.72. The molecule has 1 fully saturated rings. The molecule has 3 atom stereocenters. The normalized spacial score (nSPS) is 23.1. The van der Waals surface area contributed by atoms with Crippen LogP contribution in [0, 0.1) is 0 Å². The Kier molecular flexibility index (Phi) is 4.36. The zero-order chi connectivity index (χ0) is 19.1. The predicted molar refractivity (Wildman–Crippen MR) is 101 cm³/mol. The molecule has 0 saturated carbocycles. The first-order chi connectivity index (χ1) is 13.1. The monoisotopic (exact) mass is 366 g/mol. The number of rotatable bonds is 3. The van der Waals surface area contributed by atoms with Gasteiger partial charge in [-0.2, -0.15) is 0 Å². The summed E-state index contributed by atoms with van der Waals surface area (Å²) in [6.45, 7) is 1.83. The van der Waals surface area contributed by atoms with E-state index >= 15 is 0 Å². The van der Waals surface area contributed by atoms with Gasteiger partial charge in [0, 0.05) is 30.6 Å². The molecule has 2 heterocycles. The van der Waals surface area contributed by atoms with E-state index in [1.807, 2.05) is 24.3 Å². The third-order valence-corrected chi connectivity index (χ3v) is 5.61. The van der Waals surface area contributed by atoms with Gasteiger partial charge in [-0.1, -0.05) is 24.3 Å². The second-order valence-corrected chi connectivity index (χ2v) is 6.98. The van der Waals surface area contributed by atoms with Gasteiger partial charge in [0.2, 0.25) is 5.91 Å². The standard InChI is InChI=1S/C21H22N2O4/c1-13(25)23-18-11-22(21(26)14-6-5-7-15(10-14)27-2)17-9-4-3-8-16(17)20(18)19(23)12-24/h3-10,18-20,24H,11-12H2,1-2H3/t18-,19+,20+/m0/s1. The van der Waals surface area contributed by atoms with Crippen molar-refractivity contribution in [1.29, 1.82) is 0 Å². The summed E-state index contributed by atoms with van der Waals surface area (Å²) in [6, 6.07) is 14.5. The smallest absolute Gasteiger partial charge is 0.258 e. The number of amides is 2. The summed E-state index contributed by atoms with van der Waals surface area (Å²) in [4.78, 5) is 28.8. The van der Waals surface area contributed by atoms with Crippen LogP contribution >= 0.6 is 0 Å².